The highest BCUT2D eigenvalue weighted by Gasteiger charge is 2.03. The maximum Gasteiger partial charge on any atom is 0.137 e. The highest BCUT2D eigenvalue weighted by Crippen LogP contribution is 2.14. The number of hydrogen-bond donors (Lipinski definition) is 1. The molecule has 0 fully saturated rings. The molecule has 0 spiro atoms. The van der Waals surface area contributed by atoms with Crippen LogP contribution in [-0.4, -0.2) is 6.21 Å². The summed E-state index contributed by atoms with van der Waals surface area (Å²) >= 11 is 0. The summed E-state index contributed by atoms with van der Waals surface area (Å²) in [6.45, 7) is 1.99. The Morgan fingerprint density at radius 2 is 2.19 bits per heavy atom. The summed E-state index contributed by atoms with van der Waals surface area (Å²) < 4.78 is 0. The zero-order chi connectivity index (χ0) is 11.4. The highest BCUT2D eigenvalue weighted by molar-refractivity contribution is 5.79. The van der Waals surface area contributed by atoms with Crippen molar-refractivity contribution in [2.24, 2.45) is 4.99 Å². The minimum Gasteiger partial charge on any atom is -0.346 e. The molecular formula is C14H12N2. The molecule has 0 radical (unpaired) electrons. The molecule has 1 aliphatic heterocycles. The van der Waals surface area contributed by atoms with Gasteiger partial charge in [-0.25, -0.2) is 4.99 Å². The van der Waals surface area contributed by atoms with E-state index in [2.05, 4.69) is 16.2 Å². The molecule has 2 heteroatoms. The molecule has 0 bridgehead atoms. The Kier molecular flexibility index (Phi) is 2.88. The van der Waals surface area contributed by atoms with E-state index in [9.17, 15) is 0 Å². The second kappa shape index (κ2) is 4.50. The lowest BCUT2D eigenvalue weighted by atomic mass is 10.2. The molecule has 16 heavy (non-hydrogen) atoms. The van der Waals surface area contributed by atoms with Crippen LogP contribution in [0.25, 0.3) is 0 Å². The minimum absolute atomic E-state index is 0.838. The van der Waals surface area contributed by atoms with Gasteiger partial charge in [0, 0.05) is 23.6 Å². The molecule has 78 valence electrons. The SMILES string of the molecule is C#CC1=CC=C/C(=C2/N=CC(C)=CN2)C=C1. The lowest BCUT2D eigenvalue weighted by Crippen LogP contribution is -2.10. The summed E-state index contributed by atoms with van der Waals surface area (Å²) in [6.07, 6.45) is 18.8. The molecule has 0 aromatic rings. The van der Waals surface area contributed by atoms with Crippen LogP contribution in [0.15, 0.2) is 64.1 Å². The van der Waals surface area contributed by atoms with Crippen molar-refractivity contribution in [2.75, 3.05) is 0 Å². The fraction of sp³-hybridized carbons (Fsp3) is 0.0714. The molecule has 0 saturated heterocycles. The molecule has 1 N–H and O–H groups in total. The molecule has 0 aromatic heterocycles. The van der Waals surface area contributed by atoms with Crippen molar-refractivity contribution in [1.82, 2.24) is 5.32 Å². The maximum atomic E-state index is 5.34. The summed E-state index contributed by atoms with van der Waals surface area (Å²) in [4.78, 5) is 4.32. The van der Waals surface area contributed by atoms with E-state index >= 15 is 0 Å². The van der Waals surface area contributed by atoms with Crippen LogP contribution >= 0.6 is 0 Å². The van der Waals surface area contributed by atoms with E-state index in [4.69, 9.17) is 6.42 Å². The standard InChI is InChI=1S/C14H12N2/c1-3-12-5-4-6-13(8-7-12)14-15-9-11(2)10-16-14/h1,4-10,15H,2H3/b14-13-. The molecule has 2 nitrogen and oxygen atoms in total. The van der Waals surface area contributed by atoms with Crippen LogP contribution in [-0.2, 0) is 0 Å². The second-order valence-corrected chi connectivity index (χ2v) is 3.55. The van der Waals surface area contributed by atoms with E-state index in [0.29, 0.717) is 0 Å². The lowest BCUT2D eigenvalue weighted by Gasteiger charge is -2.09. The highest BCUT2D eigenvalue weighted by atomic mass is 15.0. The van der Waals surface area contributed by atoms with Gasteiger partial charge in [0.2, 0.25) is 0 Å². The fourth-order valence-electron chi connectivity index (χ4n) is 1.38. The molecule has 0 saturated carbocycles. The first-order chi connectivity index (χ1) is 7.79. The zero-order valence-corrected chi connectivity index (χ0v) is 9.07. The van der Waals surface area contributed by atoms with Crippen LogP contribution < -0.4 is 5.32 Å². The van der Waals surface area contributed by atoms with E-state index in [1.54, 1.807) is 0 Å². The average Bonchev–Trinajstić information content (AvgIpc) is 2.55. The second-order valence-electron chi connectivity index (χ2n) is 3.55. The van der Waals surface area contributed by atoms with Gasteiger partial charge in [-0.05, 0) is 24.6 Å². The molecule has 2 rings (SSSR count). The molecule has 0 amide bonds. The number of rotatable bonds is 0. The third-order valence-corrected chi connectivity index (χ3v) is 2.27. The van der Waals surface area contributed by atoms with Crippen molar-refractivity contribution in [1.29, 1.82) is 0 Å². The van der Waals surface area contributed by atoms with E-state index in [-0.39, 0.29) is 0 Å². The van der Waals surface area contributed by atoms with Gasteiger partial charge >= 0.3 is 0 Å². The summed E-state index contributed by atoms with van der Waals surface area (Å²) in [7, 11) is 0. The van der Waals surface area contributed by atoms with Crippen molar-refractivity contribution < 1.29 is 0 Å². The van der Waals surface area contributed by atoms with Crippen molar-refractivity contribution in [3.05, 3.63) is 59.1 Å². The monoisotopic (exact) mass is 208 g/mol. The van der Waals surface area contributed by atoms with Crippen LogP contribution in [0.5, 0.6) is 0 Å². The Morgan fingerprint density at radius 1 is 1.31 bits per heavy atom. The van der Waals surface area contributed by atoms with Crippen LogP contribution in [0.1, 0.15) is 6.92 Å². The van der Waals surface area contributed by atoms with Crippen LogP contribution in [0.3, 0.4) is 0 Å². The minimum atomic E-state index is 0.838. The first-order valence-electron chi connectivity index (χ1n) is 5.04. The number of allylic oxidation sites excluding steroid dienone is 8. The van der Waals surface area contributed by atoms with Crippen LogP contribution in [0.4, 0.5) is 0 Å². The predicted octanol–water partition coefficient (Wildman–Crippen LogP) is 2.46. The zero-order valence-electron chi connectivity index (χ0n) is 9.07. The molecule has 1 aliphatic carbocycles. The summed E-state index contributed by atoms with van der Waals surface area (Å²) in [5, 5.41) is 3.14. The maximum absolute atomic E-state index is 5.34. The Labute approximate surface area is 95.5 Å². The first-order valence-corrected chi connectivity index (χ1v) is 5.04. The van der Waals surface area contributed by atoms with Gasteiger partial charge in [-0.2, -0.15) is 0 Å². The van der Waals surface area contributed by atoms with E-state index in [0.717, 1.165) is 22.5 Å². The van der Waals surface area contributed by atoms with Crippen molar-refractivity contribution in [2.45, 2.75) is 6.92 Å². The molecule has 0 aromatic carbocycles. The van der Waals surface area contributed by atoms with E-state index < -0.39 is 0 Å². The van der Waals surface area contributed by atoms with Gasteiger partial charge in [0.05, 0.1) is 0 Å². The Morgan fingerprint density at radius 3 is 2.88 bits per heavy atom. The van der Waals surface area contributed by atoms with Crippen molar-refractivity contribution >= 4 is 6.21 Å². The lowest BCUT2D eigenvalue weighted by molar-refractivity contribution is 0.991. The summed E-state index contributed by atoms with van der Waals surface area (Å²) in [5.41, 5.74) is 2.98. The molecule has 0 atom stereocenters. The van der Waals surface area contributed by atoms with Crippen molar-refractivity contribution in [3.63, 3.8) is 0 Å². The predicted molar refractivity (Wildman–Crippen MR) is 67.6 cm³/mol. The average molecular weight is 208 g/mol. The normalized spacial score (nSPS) is 23.0. The van der Waals surface area contributed by atoms with Gasteiger partial charge in [-0.15, -0.1) is 6.42 Å². The fourth-order valence-corrected chi connectivity index (χ4v) is 1.38. The van der Waals surface area contributed by atoms with Gasteiger partial charge in [-0.3, -0.25) is 0 Å². The van der Waals surface area contributed by atoms with E-state index in [1.165, 1.54) is 0 Å². The summed E-state index contributed by atoms with van der Waals surface area (Å²) in [6, 6.07) is 0. The molecular weight excluding hydrogens is 196 g/mol. The van der Waals surface area contributed by atoms with Gasteiger partial charge in [0.15, 0.2) is 0 Å². The number of terminal acetylenes is 1. The third-order valence-electron chi connectivity index (χ3n) is 2.27. The van der Waals surface area contributed by atoms with Gasteiger partial charge in [-0.1, -0.05) is 24.1 Å². The topological polar surface area (TPSA) is 24.4 Å². The Hall–Kier alpha value is -2.27. The summed E-state index contributed by atoms with van der Waals surface area (Å²) in [5.74, 6) is 3.44. The molecule has 1 heterocycles. The third kappa shape index (κ3) is 2.21. The van der Waals surface area contributed by atoms with Crippen LogP contribution in [0, 0.1) is 12.3 Å². The Bertz CT molecular complexity index is 517. The van der Waals surface area contributed by atoms with Crippen LogP contribution in [0.2, 0.25) is 0 Å². The van der Waals surface area contributed by atoms with Crippen molar-refractivity contribution in [3.8, 4) is 12.3 Å². The smallest absolute Gasteiger partial charge is 0.137 e. The molecule has 2 aliphatic rings. The number of hydrogen-bond acceptors (Lipinski definition) is 2. The van der Waals surface area contributed by atoms with Gasteiger partial charge in [0.1, 0.15) is 5.82 Å². The number of aliphatic imine (C=N–C) groups is 1. The van der Waals surface area contributed by atoms with E-state index in [1.807, 2.05) is 49.7 Å². The molecule has 0 unspecified atom stereocenters. The van der Waals surface area contributed by atoms with Gasteiger partial charge < -0.3 is 5.32 Å². The quantitative estimate of drug-likeness (QED) is 0.607. The largest absolute Gasteiger partial charge is 0.346 e. The number of nitrogens with zero attached hydrogens (tertiary/aromatic N) is 1. The van der Waals surface area contributed by atoms with Gasteiger partial charge in [0.25, 0.3) is 0 Å². The first kappa shape index (κ1) is 10.3. The Balaban J connectivity index is 2.30. The number of nitrogens with one attached hydrogen (secondary N) is 1.